The van der Waals surface area contributed by atoms with E-state index in [0.29, 0.717) is 12.6 Å². The van der Waals surface area contributed by atoms with E-state index in [4.69, 9.17) is 4.74 Å². The van der Waals surface area contributed by atoms with Crippen LogP contribution in [0, 0.1) is 0 Å². The highest BCUT2D eigenvalue weighted by atomic mass is 16.5. The lowest BCUT2D eigenvalue weighted by molar-refractivity contribution is -0.115. The van der Waals surface area contributed by atoms with E-state index >= 15 is 0 Å². The van der Waals surface area contributed by atoms with Gasteiger partial charge in [0.2, 0.25) is 5.91 Å². The molecule has 1 saturated carbocycles. The van der Waals surface area contributed by atoms with Crippen LogP contribution in [0.15, 0.2) is 24.3 Å². The second kappa shape index (κ2) is 6.40. The molecule has 2 rings (SSSR count). The molecule has 0 radical (unpaired) electrons. The number of benzene rings is 1. The van der Waals surface area contributed by atoms with Gasteiger partial charge >= 0.3 is 0 Å². The molecule has 0 aliphatic heterocycles. The summed E-state index contributed by atoms with van der Waals surface area (Å²) in [6.07, 6.45) is 4.99. The average Bonchev–Trinajstić information content (AvgIpc) is 2.85. The third-order valence-electron chi connectivity index (χ3n) is 3.09. The van der Waals surface area contributed by atoms with Crippen molar-refractivity contribution in [1.82, 2.24) is 5.32 Å². The second-order valence-electron chi connectivity index (χ2n) is 4.60. The molecule has 0 bridgehead atoms. The Bertz CT molecular complexity index is 401. The van der Waals surface area contributed by atoms with Crippen molar-refractivity contribution in [2.45, 2.75) is 31.8 Å². The molecule has 0 heterocycles. The zero-order valence-corrected chi connectivity index (χ0v) is 10.7. The molecular formula is C14H20N2O2. The standard InChI is InChI=1S/C14H20N2O2/c1-15-10-14(17)16-12-8-4-5-9-13(12)18-11-6-2-3-7-11/h4-5,8-9,11,15H,2-3,6-7,10H2,1H3,(H,16,17). The van der Waals surface area contributed by atoms with E-state index in [2.05, 4.69) is 10.6 Å². The molecule has 18 heavy (non-hydrogen) atoms. The SMILES string of the molecule is CNCC(=O)Nc1ccccc1OC1CCCC1. The largest absolute Gasteiger partial charge is 0.488 e. The topological polar surface area (TPSA) is 50.4 Å². The summed E-state index contributed by atoms with van der Waals surface area (Å²) in [6, 6.07) is 7.61. The van der Waals surface area contributed by atoms with Crippen molar-refractivity contribution in [3.05, 3.63) is 24.3 Å². The average molecular weight is 248 g/mol. The minimum Gasteiger partial charge on any atom is -0.488 e. The fraction of sp³-hybridized carbons (Fsp3) is 0.500. The molecule has 0 atom stereocenters. The zero-order chi connectivity index (χ0) is 12.8. The molecule has 1 aromatic carbocycles. The first-order valence-corrected chi connectivity index (χ1v) is 6.49. The highest BCUT2D eigenvalue weighted by Crippen LogP contribution is 2.29. The first kappa shape index (κ1) is 12.9. The quantitative estimate of drug-likeness (QED) is 0.839. The number of likely N-dealkylation sites (N-methyl/N-ethyl adjacent to an activating group) is 1. The molecule has 1 fully saturated rings. The summed E-state index contributed by atoms with van der Waals surface area (Å²) in [5.41, 5.74) is 0.754. The van der Waals surface area contributed by atoms with E-state index in [1.165, 1.54) is 12.8 Å². The monoisotopic (exact) mass is 248 g/mol. The van der Waals surface area contributed by atoms with Crippen molar-refractivity contribution < 1.29 is 9.53 Å². The van der Waals surface area contributed by atoms with Gasteiger partial charge in [-0.15, -0.1) is 0 Å². The van der Waals surface area contributed by atoms with Gasteiger partial charge in [0.15, 0.2) is 0 Å². The van der Waals surface area contributed by atoms with Gasteiger partial charge in [0.05, 0.1) is 18.3 Å². The molecule has 1 amide bonds. The van der Waals surface area contributed by atoms with Gasteiger partial charge in [-0.1, -0.05) is 12.1 Å². The maximum Gasteiger partial charge on any atom is 0.238 e. The van der Waals surface area contributed by atoms with Gasteiger partial charge in [-0.3, -0.25) is 4.79 Å². The molecule has 1 aliphatic rings. The number of carbonyl (C=O) groups excluding carboxylic acids is 1. The number of nitrogens with one attached hydrogen (secondary N) is 2. The zero-order valence-electron chi connectivity index (χ0n) is 10.7. The minimum atomic E-state index is -0.0556. The van der Waals surface area contributed by atoms with Crippen LogP contribution in [0.5, 0.6) is 5.75 Å². The Balaban J connectivity index is 2.02. The number of amides is 1. The van der Waals surface area contributed by atoms with E-state index in [1.807, 2.05) is 24.3 Å². The van der Waals surface area contributed by atoms with Gasteiger partial charge in [-0.25, -0.2) is 0 Å². The summed E-state index contributed by atoms with van der Waals surface area (Å²) in [5, 5.41) is 5.69. The van der Waals surface area contributed by atoms with E-state index in [1.54, 1.807) is 7.05 Å². The maximum atomic E-state index is 11.6. The molecule has 0 saturated heterocycles. The second-order valence-corrected chi connectivity index (χ2v) is 4.60. The molecule has 4 heteroatoms. The predicted molar refractivity (Wildman–Crippen MR) is 71.9 cm³/mol. The highest BCUT2D eigenvalue weighted by molar-refractivity contribution is 5.93. The number of hydrogen-bond acceptors (Lipinski definition) is 3. The van der Waals surface area contributed by atoms with Crippen molar-refractivity contribution in [3.8, 4) is 5.75 Å². The summed E-state index contributed by atoms with van der Waals surface area (Å²) in [5.74, 6) is 0.717. The molecule has 0 aromatic heterocycles. The van der Waals surface area contributed by atoms with Gasteiger partial charge in [0.25, 0.3) is 0 Å². The Hall–Kier alpha value is -1.55. The third kappa shape index (κ3) is 3.47. The predicted octanol–water partition coefficient (Wildman–Crippen LogP) is 2.17. The summed E-state index contributed by atoms with van der Waals surface area (Å²) >= 11 is 0. The molecule has 4 nitrogen and oxygen atoms in total. The number of hydrogen-bond donors (Lipinski definition) is 2. The fourth-order valence-corrected chi connectivity index (χ4v) is 2.21. The van der Waals surface area contributed by atoms with Crippen molar-refractivity contribution in [3.63, 3.8) is 0 Å². The molecule has 1 aliphatic carbocycles. The third-order valence-corrected chi connectivity index (χ3v) is 3.09. The molecule has 1 aromatic rings. The highest BCUT2D eigenvalue weighted by Gasteiger charge is 2.18. The number of para-hydroxylation sites is 2. The lowest BCUT2D eigenvalue weighted by Crippen LogP contribution is -2.25. The Labute approximate surface area is 108 Å². The summed E-state index contributed by atoms with van der Waals surface area (Å²) in [6.45, 7) is 0.303. The Morgan fingerprint density at radius 2 is 2.06 bits per heavy atom. The van der Waals surface area contributed by atoms with E-state index < -0.39 is 0 Å². The molecule has 2 N–H and O–H groups in total. The van der Waals surface area contributed by atoms with Crippen molar-refractivity contribution in [2.24, 2.45) is 0 Å². The lowest BCUT2D eigenvalue weighted by atomic mass is 10.2. The normalized spacial score (nSPS) is 15.6. The maximum absolute atomic E-state index is 11.6. The smallest absolute Gasteiger partial charge is 0.238 e. The van der Waals surface area contributed by atoms with Crippen LogP contribution in [0.4, 0.5) is 5.69 Å². The van der Waals surface area contributed by atoms with Crippen LogP contribution in [0.3, 0.4) is 0 Å². The summed E-state index contributed by atoms with van der Waals surface area (Å²) in [4.78, 5) is 11.6. The van der Waals surface area contributed by atoms with Gasteiger partial charge in [0.1, 0.15) is 5.75 Å². The number of rotatable bonds is 5. The molecular weight excluding hydrogens is 228 g/mol. The Kier molecular flexibility index (Phi) is 4.59. The molecule has 0 unspecified atom stereocenters. The van der Waals surface area contributed by atoms with E-state index in [0.717, 1.165) is 24.3 Å². The Morgan fingerprint density at radius 3 is 2.78 bits per heavy atom. The number of ether oxygens (including phenoxy) is 1. The first-order chi connectivity index (χ1) is 8.79. The summed E-state index contributed by atoms with van der Waals surface area (Å²) < 4.78 is 5.95. The van der Waals surface area contributed by atoms with Gasteiger partial charge in [0, 0.05) is 0 Å². The van der Waals surface area contributed by atoms with Crippen molar-refractivity contribution in [1.29, 1.82) is 0 Å². The fourth-order valence-electron chi connectivity index (χ4n) is 2.21. The van der Waals surface area contributed by atoms with Gasteiger partial charge in [-0.2, -0.15) is 0 Å². The van der Waals surface area contributed by atoms with Crippen LogP contribution in [0.1, 0.15) is 25.7 Å². The first-order valence-electron chi connectivity index (χ1n) is 6.49. The van der Waals surface area contributed by atoms with Crippen molar-refractivity contribution in [2.75, 3.05) is 18.9 Å². The van der Waals surface area contributed by atoms with Crippen LogP contribution in [0.2, 0.25) is 0 Å². The number of carbonyl (C=O) groups is 1. The lowest BCUT2D eigenvalue weighted by Gasteiger charge is -2.16. The molecule has 98 valence electrons. The van der Waals surface area contributed by atoms with Crippen molar-refractivity contribution >= 4 is 11.6 Å². The van der Waals surface area contributed by atoms with Crippen LogP contribution >= 0.6 is 0 Å². The Morgan fingerprint density at radius 1 is 1.33 bits per heavy atom. The van der Waals surface area contributed by atoms with E-state index in [9.17, 15) is 4.79 Å². The van der Waals surface area contributed by atoms with Gasteiger partial charge < -0.3 is 15.4 Å². The van der Waals surface area contributed by atoms with Crippen LogP contribution in [-0.2, 0) is 4.79 Å². The van der Waals surface area contributed by atoms with Gasteiger partial charge in [-0.05, 0) is 44.9 Å². The summed E-state index contributed by atoms with van der Waals surface area (Å²) in [7, 11) is 1.75. The van der Waals surface area contributed by atoms with E-state index in [-0.39, 0.29) is 5.91 Å². The minimum absolute atomic E-state index is 0.0556. The van der Waals surface area contributed by atoms with Crippen LogP contribution < -0.4 is 15.4 Å². The van der Waals surface area contributed by atoms with Crippen LogP contribution in [0.25, 0.3) is 0 Å². The van der Waals surface area contributed by atoms with Crippen LogP contribution in [-0.4, -0.2) is 25.6 Å². The number of anilines is 1. The molecule has 0 spiro atoms.